The molecular formula is C35H44O6. The molecule has 0 bridgehead atoms. The highest BCUT2D eigenvalue weighted by Crippen LogP contribution is 2.28. The van der Waals surface area contributed by atoms with Crippen molar-refractivity contribution < 1.29 is 28.5 Å². The van der Waals surface area contributed by atoms with E-state index >= 15 is 0 Å². The third-order valence-electron chi connectivity index (χ3n) is 5.90. The molecule has 0 amide bonds. The Balaban J connectivity index is 2.19. The van der Waals surface area contributed by atoms with E-state index in [0.29, 0.717) is 30.4 Å². The smallest absolute Gasteiger partial charge is 0.333 e. The summed E-state index contributed by atoms with van der Waals surface area (Å²) < 4.78 is 22.8. The summed E-state index contributed by atoms with van der Waals surface area (Å²) in [5, 5.41) is 0. The van der Waals surface area contributed by atoms with Crippen molar-refractivity contribution in [3.8, 4) is 11.5 Å². The zero-order valence-electron chi connectivity index (χ0n) is 25.4. The van der Waals surface area contributed by atoms with Gasteiger partial charge in [-0.15, -0.1) is 0 Å². The SMILES string of the molecule is C=C(C)Cc1cc(Cc2ccc(OCC(C)OC(=O)C(=C)C)c(CC(=C)C)c2)ccc1OCC(C)OC(=O)C(=C)C. The second-order valence-corrected chi connectivity index (χ2v) is 10.9. The molecule has 0 aliphatic carbocycles. The molecule has 2 rings (SSSR count). The highest BCUT2D eigenvalue weighted by molar-refractivity contribution is 5.87. The fraction of sp³-hybridized carbons (Fsp3) is 0.371. The van der Waals surface area contributed by atoms with E-state index in [-0.39, 0.29) is 13.2 Å². The summed E-state index contributed by atoms with van der Waals surface area (Å²) >= 11 is 0. The number of hydrogen-bond donors (Lipinski definition) is 0. The number of carbonyl (C=O) groups excluding carboxylic acids is 2. The van der Waals surface area contributed by atoms with Crippen LogP contribution in [0.3, 0.4) is 0 Å². The van der Waals surface area contributed by atoms with Crippen LogP contribution in [-0.4, -0.2) is 37.4 Å². The van der Waals surface area contributed by atoms with Crippen LogP contribution in [0.25, 0.3) is 0 Å². The van der Waals surface area contributed by atoms with E-state index in [2.05, 4.69) is 38.4 Å². The first kappa shape index (κ1) is 33.1. The summed E-state index contributed by atoms with van der Waals surface area (Å²) in [6, 6.07) is 12.3. The zero-order chi connectivity index (χ0) is 30.7. The summed E-state index contributed by atoms with van der Waals surface area (Å²) in [5.41, 5.74) is 7.05. The number of carbonyl (C=O) groups is 2. The van der Waals surface area contributed by atoms with Crippen LogP contribution in [0, 0.1) is 0 Å². The van der Waals surface area contributed by atoms with Crippen LogP contribution in [-0.2, 0) is 38.3 Å². The van der Waals surface area contributed by atoms with E-state index in [1.165, 1.54) is 0 Å². The number of ether oxygens (including phenoxy) is 4. The average Bonchev–Trinajstić information content (AvgIpc) is 2.87. The minimum absolute atomic E-state index is 0.234. The van der Waals surface area contributed by atoms with Gasteiger partial charge in [0.25, 0.3) is 0 Å². The Hall–Kier alpha value is -4.06. The lowest BCUT2D eigenvalue weighted by atomic mass is 9.96. The molecule has 2 atom stereocenters. The van der Waals surface area contributed by atoms with Gasteiger partial charge >= 0.3 is 11.9 Å². The largest absolute Gasteiger partial charge is 0.489 e. The molecule has 2 aromatic carbocycles. The predicted octanol–water partition coefficient (Wildman–Crippen LogP) is 7.29. The number of allylic oxidation sites excluding steroid dienone is 2. The van der Waals surface area contributed by atoms with Gasteiger partial charge < -0.3 is 18.9 Å². The molecule has 6 nitrogen and oxygen atoms in total. The molecule has 0 aromatic heterocycles. The summed E-state index contributed by atoms with van der Waals surface area (Å²) in [5.74, 6) is 0.620. The molecule has 0 aliphatic rings. The topological polar surface area (TPSA) is 71.1 Å². The zero-order valence-corrected chi connectivity index (χ0v) is 25.4. The van der Waals surface area contributed by atoms with Gasteiger partial charge in [0.15, 0.2) is 0 Å². The van der Waals surface area contributed by atoms with Gasteiger partial charge in [0.2, 0.25) is 0 Å². The summed E-state index contributed by atoms with van der Waals surface area (Å²) in [4.78, 5) is 23.6. The maximum absolute atomic E-state index is 11.8. The molecule has 0 saturated heterocycles. The lowest BCUT2D eigenvalue weighted by Gasteiger charge is -2.18. The van der Waals surface area contributed by atoms with Crippen LogP contribution in [0.4, 0.5) is 0 Å². The van der Waals surface area contributed by atoms with E-state index in [9.17, 15) is 9.59 Å². The minimum Gasteiger partial charge on any atom is -0.489 e. The number of benzene rings is 2. The van der Waals surface area contributed by atoms with E-state index in [0.717, 1.165) is 44.9 Å². The molecule has 41 heavy (non-hydrogen) atoms. The van der Waals surface area contributed by atoms with Crippen LogP contribution >= 0.6 is 0 Å². The van der Waals surface area contributed by atoms with E-state index < -0.39 is 24.1 Å². The van der Waals surface area contributed by atoms with Crippen molar-refractivity contribution in [2.24, 2.45) is 0 Å². The Labute approximate surface area is 245 Å². The van der Waals surface area contributed by atoms with Gasteiger partial charge in [-0.3, -0.25) is 0 Å². The third-order valence-corrected chi connectivity index (χ3v) is 5.90. The highest BCUT2D eigenvalue weighted by atomic mass is 16.6. The molecule has 2 unspecified atom stereocenters. The summed E-state index contributed by atoms with van der Waals surface area (Å²) in [6.45, 7) is 26.6. The predicted molar refractivity (Wildman–Crippen MR) is 164 cm³/mol. The van der Waals surface area contributed by atoms with E-state index in [4.69, 9.17) is 18.9 Å². The van der Waals surface area contributed by atoms with Crippen LogP contribution in [0.15, 0.2) is 85.0 Å². The second kappa shape index (κ2) is 15.7. The molecule has 0 heterocycles. The molecule has 0 fully saturated rings. The Morgan fingerprint density at radius 3 is 1.34 bits per heavy atom. The molecule has 2 aromatic rings. The molecule has 0 radical (unpaired) electrons. The number of esters is 2. The second-order valence-electron chi connectivity index (χ2n) is 10.9. The van der Waals surface area contributed by atoms with Crippen molar-refractivity contribution in [3.05, 3.63) is 107 Å². The maximum atomic E-state index is 11.8. The fourth-order valence-corrected chi connectivity index (χ4v) is 3.98. The van der Waals surface area contributed by atoms with Gasteiger partial charge in [-0.2, -0.15) is 0 Å². The molecular weight excluding hydrogens is 516 g/mol. The number of hydrogen-bond acceptors (Lipinski definition) is 6. The molecule has 0 spiro atoms. The lowest BCUT2D eigenvalue weighted by Crippen LogP contribution is -2.22. The Kier molecular flexibility index (Phi) is 12.7. The van der Waals surface area contributed by atoms with Crippen molar-refractivity contribution in [1.29, 1.82) is 0 Å². The standard InChI is InChI=1S/C35H44O6/c1-22(2)15-30-18-28(11-13-32(30)38-20-26(9)40-34(36)24(5)6)17-29-12-14-33(31(19-29)16-23(3)4)39-21-27(10)41-35(37)25(7)8/h11-14,18-19,26-27H,1,3,5,7,15-17,20-21H2,2,4,6,8-10H3. The highest BCUT2D eigenvalue weighted by Gasteiger charge is 2.15. The van der Waals surface area contributed by atoms with Gasteiger partial charge in [-0.25, -0.2) is 9.59 Å². The van der Waals surface area contributed by atoms with Crippen molar-refractivity contribution in [2.45, 2.75) is 73.0 Å². The molecule has 0 aliphatic heterocycles. The maximum Gasteiger partial charge on any atom is 0.333 e. The first-order chi connectivity index (χ1) is 19.2. The molecule has 0 N–H and O–H groups in total. The fourth-order valence-electron chi connectivity index (χ4n) is 3.98. The number of rotatable bonds is 16. The van der Waals surface area contributed by atoms with Crippen LogP contribution in [0.1, 0.15) is 63.8 Å². The van der Waals surface area contributed by atoms with Crippen LogP contribution in [0.5, 0.6) is 11.5 Å². The van der Waals surface area contributed by atoms with Crippen LogP contribution < -0.4 is 9.47 Å². The summed E-state index contributed by atoms with van der Waals surface area (Å²) in [7, 11) is 0. The van der Waals surface area contributed by atoms with Gasteiger partial charge in [0.05, 0.1) is 0 Å². The Morgan fingerprint density at radius 2 is 1.02 bits per heavy atom. The van der Waals surface area contributed by atoms with Crippen molar-refractivity contribution in [2.75, 3.05) is 13.2 Å². The van der Waals surface area contributed by atoms with Crippen molar-refractivity contribution in [3.63, 3.8) is 0 Å². The normalized spacial score (nSPS) is 12.0. The third kappa shape index (κ3) is 11.5. The first-order valence-corrected chi connectivity index (χ1v) is 13.8. The van der Waals surface area contributed by atoms with E-state index in [1.54, 1.807) is 27.7 Å². The van der Waals surface area contributed by atoms with Gasteiger partial charge in [-0.05, 0) is 95.2 Å². The van der Waals surface area contributed by atoms with Gasteiger partial charge in [0.1, 0.15) is 36.9 Å². The minimum atomic E-state index is -0.429. The van der Waals surface area contributed by atoms with E-state index in [1.807, 2.05) is 38.1 Å². The Morgan fingerprint density at radius 1 is 0.659 bits per heavy atom. The van der Waals surface area contributed by atoms with Crippen molar-refractivity contribution in [1.82, 2.24) is 0 Å². The van der Waals surface area contributed by atoms with Gasteiger partial charge in [-0.1, -0.05) is 61.7 Å². The Bertz CT molecular complexity index is 1200. The first-order valence-electron chi connectivity index (χ1n) is 13.8. The molecule has 6 heteroatoms. The summed E-state index contributed by atoms with van der Waals surface area (Å²) in [6.07, 6.45) is 1.23. The lowest BCUT2D eigenvalue weighted by molar-refractivity contribution is -0.145. The van der Waals surface area contributed by atoms with Crippen molar-refractivity contribution >= 4 is 11.9 Å². The monoisotopic (exact) mass is 560 g/mol. The molecule has 0 saturated carbocycles. The molecule has 220 valence electrons. The van der Waals surface area contributed by atoms with Crippen LogP contribution in [0.2, 0.25) is 0 Å². The average molecular weight is 561 g/mol. The quantitative estimate of drug-likeness (QED) is 0.122. The van der Waals surface area contributed by atoms with Gasteiger partial charge in [0, 0.05) is 11.1 Å².